The van der Waals surface area contributed by atoms with E-state index in [2.05, 4.69) is 19.2 Å². The highest BCUT2D eigenvalue weighted by Crippen LogP contribution is 2.14. The molecule has 1 aliphatic heterocycles. The minimum Gasteiger partial charge on any atom is -0.381 e. The maximum atomic E-state index is 5.66. The lowest BCUT2D eigenvalue weighted by Crippen LogP contribution is -2.25. The fourth-order valence-electron chi connectivity index (χ4n) is 1.82. The van der Waals surface area contributed by atoms with Gasteiger partial charge in [0, 0.05) is 26.4 Å². The average molecular weight is 229 g/mol. The first kappa shape index (κ1) is 13.9. The highest BCUT2D eigenvalue weighted by molar-refractivity contribution is 4.62. The maximum absolute atomic E-state index is 5.66. The molecule has 0 aromatic carbocycles. The molecule has 0 unspecified atom stereocenters. The number of hydrogen-bond acceptors (Lipinski definition) is 3. The summed E-state index contributed by atoms with van der Waals surface area (Å²) in [5, 5.41) is 3.40. The standard InChI is InChI=1S/C13H27NO2/c1-12(2)3-6-14-7-10-16-11-13-4-8-15-9-5-13/h12-14H,3-11H2,1-2H3. The van der Waals surface area contributed by atoms with Crippen LogP contribution in [0.15, 0.2) is 0 Å². The Hall–Kier alpha value is -0.120. The van der Waals surface area contributed by atoms with E-state index in [9.17, 15) is 0 Å². The van der Waals surface area contributed by atoms with Gasteiger partial charge in [0.05, 0.1) is 6.61 Å². The summed E-state index contributed by atoms with van der Waals surface area (Å²) < 4.78 is 11.0. The monoisotopic (exact) mass is 229 g/mol. The van der Waals surface area contributed by atoms with Crippen LogP contribution < -0.4 is 5.32 Å². The molecule has 0 aromatic rings. The third kappa shape index (κ3) is 7.20. The molecule has 16 heavy (non-hydrogen) atoms. The molecule has 0 atom stereocenters. The molecule has 1 saturated heterocycles. The van der Waals surface area contributed by atoms with Crippen molar-refractivity contribution in [3.8, 4) is 0 Å². The minimum atomic E-state index is 0.726. The molecule has 1 heterocycles. The number of nitrogens with one attached hydrogen (secondary N) is 1. The lowest BCUT2D eigenvalue weighted by atomic mass is 10.0. The first-order valence-corrected chi connectivity index (χ1v) is 6.65. The van der Waals surface area contributed by atoms with E-state index < -0.39 is 0 Å². The third-order valence-electron chi connectivity index (χ3n) is 3.02. The van der Waals surface area contributed by atoms with Gasteiger partial charge in [0.15, 0.2) is 0 Å². The van der Waals surface area contributed by atoms with Gasteiger partial charge in [-0.3, -0.25) is 0 Å². The van der Waals surface area contributed by atoms with Crippen molar-refractivity contribution < 1.29 is 9.47 Å². The van der Waals surface area contributed by atoms with Crippen LogP contribution in [0.3, 0.4) is 0 Å². The van der Waals surface area contributed by atoms with E-state index in [4.69, 9.17) is 9.47 Å². The highest BCUT2D eigenvalue weighted by Gasteiger charge is 2.13. The summed E-state index contributed by atoms with van der Waals surface area (Å²) in [7, 11) is 0. The predicted octanol–water partition coefficient (Wildman–Crippen LogP) is 2.07. The van der Waals surface area contributed by atoms with E-state index in [1.807, 2.05) is 0 Å². The van der Waals surface area contributed by atoms with Crippen LogP contribution in [0.1, 0.15) is 33.1 Å². The van der Waals surface area contributed by atoms with Crippen molar-refractivity contribution in [2.45, 2.75) is 33.1 Å². The Balaban J connectivity index is 1.80. The Bertz CT molecular complexity index is 156. The summed E-state index contributed by atoms with van der Waals surface area (Å²) in [6.45, 7) is 10.2. The summed E-state index contributed by atoms with van der Waals surface area (Å²) in [6.07, 6.45) is 3.58. The molecular formula is C13H27NO2. The number of rotatable bonds is 8. The van der Waals surface area contributed by atoms with Crippen molar-refractivity contribution in [3.63, 3.8) is 0 Å². The van der Waals surface area contributed by atoms with Crippen LogP contribution in [0.2, 0.25) is 0 Å². The van der Waals surface area contributed by atoms with Gasteiger partial charge in [-0.05, 0) is 37.6 Å². The maximum Gasteiger partial charge on any atom is 0.0591 e. The average Bonchev–Trinajstić information content (AvgIpc) is 2.29. The van der Waals surface area contributed by atoms with Crippen LogP contribution >= 0.6 is 0 Å². The molecule has 0 aliphatic carbocycles. The molecule has 0 radical (unpaired) electrons. The van der Waals surface area contributed by atoms with Gasteiger partial charge in [-0.25, -0.2) is 0 Å². The highest BCUT2D eigenvalue weighted by atomic mass is 16.5. The summed E-state index contributed by atoms with van der Waals surface area (Å²) in [5.74, 6) is 1.51. The van der Waals surface area contributed by atoms with Gasteiger partial charge in [-0.2, -0.15) is 0 Å². The van der Waals surface area contributed by atoms with E-state index in [1.54, 1.807) is 0 Å². The first-order valence-electron chi connectivity index (χ1n) is 6.65. The first-order chi connectivity index (χ1) is 7.79. The Kier molecular flexibility index (Phi) is 7.81. The Morgan fingerprint density at radius 3 is 2.69 bits per heavy atom. The summed E-state index contributed by atoms with van der Waals surface area (Å²) >= 11 is 0. The molecule has 1 N–H and O–H groups in total. The third-order valence-corrected chi connectivity index (χ3v) is 3.02. The zero-order valence-corrected chi connectivity index (χ0v) is 10.8. The Morgan fingerprint density at radius 1 is 1.25 bits per heavy atom. The summed E-state index contributed by atoms with van der Waals surface area (Å²) in [4.78, 5) is 0. The van der Waals surface area contributed by atoms with Crippen molar-refractivity contribution >= 4 is 0 Å². The quantitative estimate of drug-likeness (QED) is 0.646. The molecule has 3 nitrogen and oxygen atoms in total. The Morgan fingerprint density at radius 2 is 2.00 bits per heavy atom. The molecule has 1 aliphatic rings. The molecule has 96 valence electrons. The van der Waals surface area contributed by atoms with E-state index >= 15 is 0 Å². The van der Waals surface area contributed by atoms with Gasteiger partial charge in [0.2, 0.25) is 0 Å². The summed E-state index contributed by atoms with van der Waals surface area (Å²) in [6, 6.07) is 0. The van der Waals surface area contributed by atoms with Gasteiger partial charge in [0.25, 0.3) is 0 Å². The minimum absolute atomic E-state index is 0.726. The second-order valence-corrected chi connectivity index (χ2v) is 5.06. The normalized spacial score (nSPS) is 18.2. The second kappa shape index (κ2) is 8.97. The van der Waals surface area contributed by atoms with Crippen LogP contribution in [0.4, 0.5) is 0 Å². The van der Waals surface area contributed by atoms with Crippen molar-refractivity contribution in [2.75, 3.05) is 39.5 Å². The fraction of sp³-hybridized carbons (Fsp3) is 1.00. The van der Waals surface area contributed by atoms with Crippen molar-refractivity contribution in [2.24, 2.45) is 11.8 Å². The number of hydrogen-bond donors (Lipinski definition) is 1. The molecule has 3 heteroatoms. The molecule has 0 bridgehead atoms. The largest absolute Gasteiger partial charge is 0.381 e. The molecule has 1 fully saturated rings. The van der Waals surface area contributed by atoms with Crippen LogP contribution in [0.25, 0.3) is 0 Å². The molecule has 1 rings (SSSR count). The van der Waals surface area contributed by atoms with E-state index in [0.717, 1.165) is 51.4 Å². The second-order valence-electron chi connectivity index (χ2n) is 5.06. The van der Waals surface area contributed by atoms with Crippen LogP contribution in [-0.4, -0.2) is 39.5 Å². The lowest BCUT2D eigenvalue weighted by Gasteiger charge is -2.21. The van der Waals surface area contributed by atoms with Crippen LogP contribution in [0.5, 0.6) is 0 Å². The molecular weight excluding hydrogens is 202 g/mol. The van der Waals surface area contributed by atoms with Gasteiger partial charge in [0.1, 0.15) is 0 Å². The molecule has 0 spiro atoms. The molecule has 0 aromatic heterocycles. The van der Waals surface area contributed by atoms with E-state index in [0.29, 0.717) is 0 Å². The van der Waals surface area contributed by atoms with Crippen molar-refractivity contribution in [3.05, 3.63) is 0 Å². The number of ether oxygens (including phenoxy) is 2. The Labute approximate surface area is 99.9 Å². The zero-order valence-electron chi connectivity index (χ0n) is 10.8. The SMILES string of the molecule is CC(C)CCNCCOCC1CCOCC1. The van der Waals surface area contributed by atoms with Crippen molar-refractivity contribution in [1.82, 2.24) is 5.32 Å². The molecule has 0 amide bonds. The molecule has 0 saturated carbocycles. The van der Waals surface area contributed by atoms with Gasteiger partial charge in [-0.15, -0.1) is 0 Å². The smallest absolute Gasteiger partial charge is 0.0591 e. The van der Waals surface area contributed by atoms with Gasteiger partial charge in [-0.1, -0.05) is 13.8 Å². The van der Waals surface area contributed by atoms with Crippen LogP contribution in [0, 0.1) is 11.8 Å². The fourth-order valence-corrected chi connectivity index (χ4v) is 1.82. The lowest BCUT2D eigenvalue weighted by molar-refractivity contribution is 0.0214. The topological polar surface area (TPSA) is 30.5 Å². The van der Waals surface area contributed by atoms with E-state index in [-0.39, 0.29) is 0 Å². The van der Waals surface area contributed by atoms with Crippen LogP contribution in [-0.2, 0) is 9.47 Å². The predicted molar refractivity (Wildman–Crippen MR) is 66.7 cm³/mol. The van der Waals surface area contributed by atoms with Gasteiger partial charge < -0.3 is 14.8 Å². The van der Waals surface area contributed by atoms with Gasteiger partial charge >= 0.3 is 0 Å². The summed E-state index contributed by atoms with van der Waals surface area (Å²) in [5.41, 5.74) is 0. The zero-order chi connectivity index (χ0) is 11.6. The van der Waals surface area contributed by atoms with E-state index in [1.165, 1.54) is 19.3 Å². The van der Waals surface area contributed by atoms with Crippen molar-refractivity contribution in [1.29, 1.82) is 0 Å².